The number of rotatable bonds is 7. The summed E-state index contributed by atoms with van der Waals surface area (Å²) in [6, 6.07) is 28.1. The van der Waals surface area contributed by atoms with Crippen molar-refractivity contribution in [3.63, 3.8) is 0 Å². The SMILES string of the molecule is Cc1c(OC(=O)[C@@H](Cc2ccccc2)NC(=O)OCc2ccccc2)ccc2c1oc(=O)c1ccccc12. The fourth-order valence-corrected chi connectivity index (χ4v) is 4.30. The van der Waals surface area contributed by atoms with Crippen molar-refractivity contribution in [2.75, 3.05) is 0 Å². The molecular formula is C31H25NO6. The molecule has 0 saturated heterocycles. The molecule has 0 radical (unpaired) electrons. The lowest BCUT2D eigenvalue weighted by Gasteiger charge is -2.19. The van der Waals surface area contributed by atoms with E-state index in [2.05, 4.69) is 5.32 Å². The molecular weight excluding hydrogens is 482 g/mol. The zero-order valence-electron chi connectivity index (χ0n) is 20.7. The van der Waals surface area contributed by atoms with Crippen molar-refractivity contribution in [2.24, 2.45) is 0 Å². The minimum absolute atomic E-state index is 0.0660. The van der Waals surface area contributed by atoms with Crippen LogP contribution in [0.2, 0.25) is 0 Å². The van der Waals surface area contributed by atoms with Crippen LogP contribution in [0.5, 0.6) is 5.75 Å². The Balaban J connectivity index is 1.39. The fraction of sp³-hybridized carbons (Fsp3) is 0.129. The highest BCUT2D eigenvalue weighted by Gasteiger charge is 2.25. The van der Waals surface area contributed by atoms with Crippen LogP contribution in [0.4, 0.5) is 4.79 Å². The Morgan fingerprint density at radius 3 is 2.13 bits per heavy atom. The van der Waals surface area contributed by atoms with E-state index in [1.807, 2.05) is 72.8 Å². The van der Waals surface area contributed by atoms with Crippen LogP contribution >= 0.6 is 0 Å². The van der Waals surface area contributed by atoms with Gasteiger partial charge in [0.05, 0.1) is 5.39 Å². The van der Waals surface area contributed by atoms with Crippen molar-refractivity contribution in [1.82, 2.24) is 5.32 Å². The minimum Gasteiger partial charge on any atom is -0.445 e. The Kier molecular flexibility index (Phi) is 7.17. The molecule has 7 nitrogen and oxygen atoms in total. The summed E-state index contributed by atoms with van der Waals surface area (Å²) in [4.78, 5) is 38.4. The van der Waals surface area contributed by atoms with Crippen molar-refractivity contribution in [1.29, 1.82) is 0 Å². The first-order valence-corrected chi connectivity index (χ1v) is 12.2. The van der Waals surface area contributed by atoms with Crippen LogP contribution in [0.3, 0.4) is 0 Å². The van der Waals surface area contributed by atoms with Crippen LogP contribution in [0.1, 0.15) is 16.7 Å². The van der Waals surface area contributed by atoms with Gasteiger partial charge in [-0.1, -0.05) is 78.9 Å². The van der Waals surface area contributed by atoms with Crippen molar-refractivity contribution >= 4 is 33.8 Å². The fourth-order valence-electron chi connectivity index (χ4n) is 4.30. The number of amides is 1. The van der Waals surface area contributed by atoms with Crippen LogP contribution in [0.15, 0.2) is 106 Å². The summed E-state index contributed by atoms with van der Waals surface area (Å²) < 4.78 is 16.6. The van der Waals surface area contributed by atoms with Crippen LogP contribution < -0.4 is 15.7 Å². The Labute approximate surface area is 218 Å². The molecule has 5 rings (SSSR count). The second-order valence-corrected chi connectivity index (χ2v) is 8.87. The zero-order valence-corrected chi connectivity index (χ0v) is 20.7. The lowest BCUT2D eigenvalue weighted by atomic mass is 10.0. The molecule has 5 aromatic rings. The van der Waals surface area contributed by atoms with E-state index < -0.39 is 23.7 Å². The molecule has 190 valence electrons. The van der Waals surface area contributed by atoms with E-state index in [-0.39, 0.29) is 18.8 Å². The molecule has 0 saturated carbocycles. The van der Waals surface area contributed by atoms with Gasteiger partial charge in [0.15, 0.2) is 0 Å². The number of nitrogens with one attached hydrogen (secondary N) is 1. The predicted octanol–water partition coefficient (Wildman–Crippen LogP) is 5.70. The Morgan fingerprint density at radius 1 is 0.789 bits per heavy atom. The Bertz CT molecular complexity index is 1660. The first-order valence-electron chi connectivity index (χ1n) is 12.2. The highest BCUT2D eigenvalue weighted by Crippen LogP contribution is 2.31. The molecule has 0 bridgehead atoms. The van der Waals surface area contributed by atoms with Crippen molar-refractivity contribution < 1.29 is 23.5 Å². The van der Waals surface area contributed by atoms with Gasteiger partial charge in [0.25, 0.3) is 0 Å². The number of ether oxygens (including phenoxy) is 2. The quantitative estimate of drug-likeness (QED) is 0.131. The van der Waals surface area contributed by atoms with Crippen molar-refractivity contribution in [3.8, 4) is 5.75 Å². The third-order valence-corrected chi connectivity index (χ3v) is 6.27. The van der Waals surface area contributed by atoms with Crippen molar-refractivity contribution in [2.45, 2.75) is 26.0 Å². The third kappa shape index (κ3) is 5.42. The van der Waals surface area contributed by atoms with Gasteiger partial charge < -0.3 is 19.2 Å². The normalized spacial score (nSPS) is 11.7. The average molecular weight is 508 g/mol. The lowest BCUT2D eigenvalue weighted by molar-refractivity contribution is -0.136. The summed E-state index contributed by atoms with van der Waals surface area (Å²) >= 11 is 0. The standard InChI is InChI=1S/C31H25NO6/c1-20-27(17-16-24-23-14-8-9-15-25(23)29(33)38-28(20)24)37-30(34)26(18-21-10-4-2-5-11-21)32-31(35)36-19-22-12-6-3-7-13-22/h2-17,26H,18-19H2,1H3,(H,32,35)/t26-/m1/s1. The maximum absolute atomic E-state index is 13.3. The Hall–Kier alpha value is -4.91. The van der Waals surface area contributed by atoms with Crippen LogP contribution in [-0.4, -0.2) is 18.1 Å². The van der Waals surface area contributed by atoms with E-state index in [0.29, 0.717) is 16.5 Å². The molecule has 1 heterocycles. The summed E-state index contributed by atoms with van der Waals surface area (Å²) in [5.74, 6) is -0.436. The third-order valence-electron chi connectivity index (χ3n) is 6.27. The molecule has 0 unspecified atom stereocenters. The van der Waals surface area contributed by atoms with E-state index in [4.69, 9.17) is 13.9 Å². The molecule has 1 N–H and O–H groups in total. The highest BCUT2D eigenvalue weighted by atomic mass is 16.6. The maximum Gasteiger partial charge on any atom is 0.408 e. The highest BCUT2D eigenvalue weighted by molar-refractivity contribution is 6.05. The van der Waals surface area contributed by atoms with E-state index >= 15 is 0 Å². The van der Waals surface area contributed by atoms with Gasteiger partial charge in [0, 0.05) is 17.4 Å². The van der Waals surface area contributed by atoms with Gasteiger partial charge in [-0.3, -0.25) is 0 Å². The molecule has 0 aliphatic carbocycles. The van der Waals surface area contributed by atoms with E-state index in [0.717, 1.165) is 21.9 Å². The molecule has 0 aliphatic rings. The number of carbonyl (C=O) groups is 2. The average Bonchev–Trinajstić information content (AvgIpc) is 2.94. The second-order valence-electron chi connectivity index (χ2n) is 8.87. The number of aryl methyl sites for hydroxylation is 1. The first kappa shape index (κ1) is 24.8. The lowest BCUT2D eigenvalue weighted by Crippen LogP contribution is -2.44. The van der Waals surface area contributed by atoms with Gasteiger partial charge in [-0.05, 0) is 41.6 Å². The van der Waals surface area contributed by atoms with Gasteiger partial charge >= 0.3 is 17.7 Å². The van der Waals surface area contributed by atoms with Gasteiger partial charge in [0.2, 0.25) is 0 Å². The van der Waals surface area contributed by atoms with Crippen LogP contribution in [0, 0.1) is 6.92 Å². The number of hydrogen-bond acceptors (Lipinski definition) is 6. The maximum atomic E-state index is 13.3. The van der Waals surface area contributed by atoms with E-state index in [9.17, 15) is 14.4 Å². The molecule has 1 amide bonds. The van der Waals surface area contributed by atoms with Crippen LogP contribution in [0.25, 0.3) is 21.7 Å². The summed E-state index contributed by atoms with van der Waals surface area (Å²) in [5, 5.41) is 4.60. The minimum atomic E-state index is -1.01. The second kappa shape index (κ2) is 11.0. The van der Waals surface area contributed by atoms with Gasteiger partial charge in [-0.25, -0.2) is 14.4 Å². The summed E-state index contributed by atoms with van der Waals surface area (Å²) in [7, 11) is 0. The number of benzene rings is 4. The van der Waals surface area contributed by atoms with Gasteiger partial charge in [-0.2, -0.15) is 0 Å². The number of esters is 1. The Morgan fingerprint density at radius 2 is 1.42 bits per heavy atom. The number of carbonyl (C=O) groups excluding carboxylic acids is 2. The molecule has 38 heavy (non-hydrogen) atoms. The smallest absolute Gasteiger partial charge is 0.408 e. The molecule has 1 aromatic heterocycles. The number of alkyl carbamates (subject to hydrolysis) is 1. The molecule has 4 aromatic carbocycles. The van der Waals surface area contributed by atoms with Crippen molar-refractivity contribution in [3.05, 3.63) is 124 Å². The molecule has 7 heteroatoms. The summed E-state index contributed by atoms with van der Waals surface area (Å²) in [6.07, 6.45) is -0.536. The number of fused-ring (bicyclic) bond motifs is 3. The van der Waals surface area contributed by atoms with Crippen LogP contribution in [-0.2, 0) is 22.6 Å². The molecule has 1 atom stereocenters. The summed E-state index contributed by atoms with van der Waals surface area (Å²) in [5.41, 5.74) is 2.04. The monoisotopic (exact) mass is 507 g/mol. The first-order chi connectivity index (χ1) is 18.5. The molecule has 0 fully saturated rings. The van der Waals surface area contributed by atoms with Gasteiger partial charge in [-0.15, -0.1) is 0 Å². The molecule has 0 aliphatic heterocycles. The topological polar surface area (TPSA) is 94.8 Å². The van der Waals surface area contributed by atoms with E-state index in [1.54, 1.807) is 31.2 Å². The zero-order chi connectivity index (χ0) is 26.5. The predicted molar refractivity (Wildman–Crippen MR) is 144 cm³/mol. The number of hydrogen-bond donors (Lipinski definition) is 1. The largest absolute Gasteiger partial charge is 0.445 e. The summed E-state index contributed by atoms with van der Waals surface area (Å²) in [6.45, 7) is 1.78. The molecule has 0 spiro atoms. The van der Waals surface area contributed by atoms with E-state index in [1.165, 1.54) is 0 Å². The van der Waals surface area contributed by atoms with Gasteiger partial charge in [0.1, 0.15) is 24.0 Å².